The molecule has 6 heteroatoms. The van der Waals surface area contributed by atoms with Crippen LogP contribution in [0.4, 0.5) is 0 Å². The van der Waals surface area contributed by atoms with Crippen molar-refractivity contribution in [2.24, 2.45) is 12.9 Å². The number of nitrogens with zero attached hydrogens (tertiary/aromatic N) is 3. The summed E-state index contributed by atoms with van der Waals surface area (Å²) in [5.74, 6) is 5.59. The van der Waals surface area contributed by atoms with Crippen LogP contribution in [0.25, 0.3) is 0 Å². The van der Waals surface area contributed by atoms with Crippen molar-refractivity contribution >= 4 is 11.6 Å². The molecule has 2 rings (SSSR count). The van der Waals surface area contributed by atoms with Gasteiger partial charge in [0.05, 0.1) is 17.9 Å². The summed E-state index contributed by atoms with van der Waals surface area (Å²) in [7, 11) is 1.81. The molecular weight excluding hydrogens is 238 g/mol. The number of hydrazine groups is 1. The Morgan fingerprint density at radius 2 is 2.24 bits per heavy atom. The lowest BCUT2D eigenvalue weighted by molar-refractivity contribution is 0.570. The molecule has 1 aromatic carbocycles. The standard InChI is InChI=1S/C11H14ClN5/c1-7-3-4-8(9(12)5-7)11(15-13)10-6-14-16-17(10)2/h3-6,11,15H,13H2,1-2H3. The highest BCUT2D eigenvalue weighted by Crippen LogP contribution is 2.27. The largest absolute Gasteiger partial charge is 0.271 e. The maximum Gasteiger partial charge on any atom is 0.0908 e. The first-order valence-corrected chi connectivity index (χ1v) is 5.58. The Kier molecular flexibility index (Phi) is 3.42. The maximum absolute atomic E-state index is 6.23. The third kappa shape index (κ3) is 2.31. The molecule has 90 valence electrons. The summed E-state index contributed by atoms with van der Waals surface area (Å²) in [4.78, 5) is 0. The molecule has 0 aliphatic carbocycles. The van der Waals surface area contributed by atoms with Crippen LogP contribution < -0.4 is 11.3 Å². The summed E-state index contributed by atoms with van der Waals surface area (Å²) >= 11 is 6.23. The number of aromatic nitrogens is 3. The number of halogens is 1. The summed E-state index contributed by atoms with van der Waals surface area (Å²) in [6.07, 6.45) is 1.67. The molecule has 0 saturated carbocycles. The van der Waals surface area contributed by atoms with Gasteiger partial charge >= 0.3 is 0 Å². The van der Waals surface area contributed by atoms with Crippen molar-refractivity contribution in [3.63, 3.8) is 0 Å². The Bertz CT molecular complexity index is 522. The predicted molar refractivity (Wildman–Crippen MR) is 66.4 cm³/mol. The Morgan fingerprint density at radius 3 is 2.76 bits per heavy atom. The smallest absolute Gasteiger partial charge is 0.0908 e. The second-order valence-corrected chi connectivity index (χ2v) is 4.31. The Hall–Kier alpha value is -1.43. The molecular formula is C11H14ClN5. The summed E-state index contributed by atoms with van der Waals surface area (Å²) in [6.45, 7) is 1.99. The van der Waals surface area contributed by atoms with Crippen LogP contribution in [-0.2, 0) is 7.05 Å². The summed E-state index contributed by atoms with van der Waals surface area (Å²) in [6, 6.07) is 5.64. The summed E-state index contributed by atoms with van der Waals surface area (Å²) in [5.41, 5.74) is 5.61. The van der Waals surface area contributed by atoms with Crippen LogP contribution >= 0.6 is 11.6 Å². The lowest BCUT2D eigenvalue weighted by Crippen LogP contribution is -2.30. The van der Waals surface area contributed by atoms with E-state index in [9.17, 15) is 0 Å². The zero-order chi connectivity index (χ0) is 12.4. The minimum absolute atomic E-state index is 0.219. The molecule has 0 saturated heterocycles. The highest BCUT2D eigenvalue weighted by Gasteiger charge is 2.19. The average Bonchev–Trinajstić information content (AvgIpc) is 2.69. The highest BCUT2D eigenvalue weighted by atomic mass is 35.5. The predicted octanol–water partition coefficient (Wildman–Crippen LogP) is 1.33. The first-order valence-electron chi connectivity index (χ1n) is 5.20. The van der Waals surface area contributed by atoms with Gasteiger partial charge in [0, 0.05) is 12.1 Å². The van der Waals surface area contributed by atoms with Crippen LogP contribution in [0.1, 0.15) is 22.9 Å². The van der Waals surface area contributed by atoms with Gasteiger partial charge in [0.15, 0.2) is 0 Å². The summed E-state index contributed by atoms with van der Waals surface area (Å²) < 4.78 is 1.67. The van der Waals surface area contributed by atoms with Crippen molar-refractivity contribution in [3.05, 3.63) is 46.2 Å². The van der Waals surface area contributed by atoms with Crippen LogP contribution in [0.3, 0.4) is 0 Å². The molecule has 2 aromatic rings. The highest BCUT2D eigenvalue weighted by molar-refractivity contribution is 6.31. The molecule has 0 aliphatic rings. The number of rotatable bonds is 3. The Morgan fingerprint density at radius 1 is 1.47 bits per heavy atom. The Labute approximate surface area is 105 Å². The monoisotopic (exact) mass is 251 g/mol. The van der Waals surface area contributed by atoms with Gasteiger partial charge in [0.2, 0.25) is 0 Å². The average molecular weight is 252 g/mol. The first-order chi connectivity index (χ1) is 8.13. The van der Waals surface area contributed by atoms with E-state index in [0.717, 1.165) is 16.8 Å². The van der Waals surface area contributed by atoms with Crippen LogP contribution in [-0.4, -0.2) is 15.0 Å². The van der Waals surface area contributed by atoms with E-state index in [2.05, 4.69) is 15.7 Å². The van der Waals surface area contributed by atoms with E-state index in [0.29, 0.717) is 5.02 Å². The number of aryl methyl sites for hydroxylation is 2. The van der Waals surface area contributed by atoms with Gasteiger partial charge in [-0.3, -0.25) is 10.5 Å². The molecule has 3 N–H and O–H groups in total. The Balaban J connectivity index is 2.46. The van der Waals surface area contributed by atoms with Gasteiger partial charge in [0.1, 0.15) is 0 Å². The van der Waals surface area contributed by atoms with E-state index in [-0.39, 0.29) is 6.04 Å². The van der Waals surface area contributed by atoms with Gasteiger partial charge in [-0.05, 0) is 24.1 Å². The molecule has 0 bridgehead atoms. The van der Waals surface area contributed by atoms with Crippen LogP contribution in [0.15, 0.2) is 24.4 Å². The fourth-order valence-electron chi connectivity index (χ4n) is 1.76. The van der Waals surface area contributed by atoms with Gasteiger partial charge in [-0.1, -0.05) is 28.9 Å². The second kappa shape index (κ2) is 4.83. The molecule has 1 heterocycles. The van der Waals surface area contributed by atoms with Crippen molar-refractivity contribution in [1.82, 2.24) is 20.4 Å². The number of nitrogens with two attached hydrogens (primary N) is 1. The summed E-state index contributed by atoms with van der Waals surface area (Å²) in [5, 5.41) is 8.40. The van der Waals surface area contributed by atoms with E-state index in [1.807, 2.05) is 32.2 Å². The molecule has 1 atom stereocenters. The molecule has 0 fully saturated rings. The lowest BCUT2D eigenvalue weighted by atomic mass is 10.0. The molecule has 0 radical (unpaired) electrons. The van der Waals surface area contributed by atoms with E-state index in [1.54, 1.807) is 10.9 Å². The van der Waals surface area contributed by atoms with Crippen LogP contribution in [0, 0.1) is 6.92 Å². The van der Waals surface area contributed by atoms with Crippen molar-refractivity contribution in [2.45, 2.75) is 13.0 Å². The van der Waals surface area contributed by atoms with Gasteiger partial charge < -0.3 is 0 Å². The van der Waals surface area contributed by atoms with Gasteiger partial charge in [0.25, 0.3) is 0 Å². The van der Waals surface area contributed by atoms with E-state index < -0.39 is 0 Å². The number of nitrogens with one attached hydrogen (secondary N) is 1. The molecule has 1 aromatic heterocycles. The quantitative estimate of drug-likeness (QED) is 0.638. The van der Waals surface area contributed by atoms with Crippen LogP contribution in [0.5, 0.6) is 0 Å². The fraction of sp³-hybridized carbons (Fsp3) is 0.273. The zero-order valence-electron chi connectivity index (χ0n) is 9.68. The molecule has 0 aliphatic heterocycles. The fourth-order valence-corrected chi connectivity index (χ4v) is 2.10. The van der Waals surface area contributed by atoms with Gasteiger partial charge in [-0.25, -0.2) is 5.43 Å². The van der Waals surface area contributed by atoms with E-state index in [1.165, 1.54) is 0 Å². The zero-order valence-corrected chi connectivity index (χ0v) is 10.4. The normalized spacial score (nSPS) is 12.7. The van der Waals surface area contributed by atoms with E-state index >= 15 is 0 Å². The second-order valence-electron chi connectivity index (χ2n) is 3.91. The maximum atomic E-state index is 6.23. The number of hydrogen-bond donors (Lipinski definition) is 2. The number of hydrogen-bond acceptors (Lipinski definition) is 4. The molecule has 17 heavy (non-hydrogen) atoms. The minimum Gasteiger partial charge on any atom is -0.271 e. The van der Waals surface area contributed by atoms with Gasteiger partial charge in [-0.2, -0.15) is 0 Å². The van der Waals surface area contributed by atoms with Crippen LogP contribution in [0.2, 0.25) is 5.02 Å². The topological polar surface area (TPSA) is 68.8 Å². The lowest BCUT2D eigenvalue weighted by Gasteiger charge is -2.17. The molecule has 5 nitrogen and oxygen atoms in total. The molecule has 1 unspecified atom stereocenters. The SMILES string of the molecule is Cc1ccc(C(NN)c2cnnn2C)c(Cl)c1. The number of benzene rings is 1. The molecule has 0 amide bonds. The third-order valence-corrected chi connectivity index (χ3v) is 3.01. The van der Waals surface area contributed by atoms with Crippen molar-refractivity contribution < 1.29 is 0 Å². The van der Waals surface area contributed by atoms with Crippen molar-refractivity contribution in [2.75, 3.05) is 0 Å². The van der Waals surface area contributed by atoms with E-state index in [4.69, 9.17) is 17.4 Å². The van der Waals surface area contributed by atoms with Crippen molar-refractivity contribution in [1.29, 1.82) is 0 Å². The molecule has 0 spiro atoms. The minimum atomic E-state index is -0.219. The third-order valence-electron chi connectivity index (χ3n) is 2.68. The van der Waals surface area contributed by atoms with Crippen molar-refractivity contribution in [3.8, 4) is 0 Å². The first kappa shape index (κ1) is 12.0. The van der Waals surface area contributed by atoms with Gasteiger partial charge in [-0.15, -0.1) is 5.10 Å².